The highest BCUT2D eigenvalue weighted by atomic mass is 16.5. The van der Waals surface area contributed by atoms with Crippen LogP contribution in [0, 0.1) is 6.42 Å². The van der Waals surface area contributed by atoms with E-state index in [0.717, 1.165) is 6.61 Å². The summed E-state index contributed by atoms with van der Waals surface area (Å²) in [5.74, 6) is 0. The maximum absolute atomic E-state index is 5.44. The second-order valence-corrected chi connectivity index (χ2v) is 6.47. The maximum atomic E-state index is 5.44. The molecule has 123 valence electrons. The molecule has 1 unspecified atom stereocenters. The average Bonchev–Trinajstić information content (AvgIpc) is 2.45. The molecule has 0 spiro atoms. The number of hydrogen-bond donors (Lipinski definition) is 0. The summed E-state index contributed by atoms with van der Waals surface area (Å²) in [5.41, 5.74) is 0. The minimum absolute atomic E-state index is 0.617. The molecule has 1 aliphatic rings. The van der Waals surface area contributed by atoms with E-state index in [9.17, 15) is 0 Å². The average molecular weight is 294 g/mol. The third kappa shape index (κ3) is 12.0. The lowest BCUT2D eigenvalue weighted by Gasteiger charge is -2.26. The van der Waals surface area contributed by atoms with E-state index in [1.54, 1.807) is 0 Å². The quantitative estimate of drug-likeness (QED) is 0.243. The van der Waals surface area contributed by atoms with Gasteiger partial charge in [0.1, 0.15) is 0 Å². The summed E-state index contributed by atoms with van der Waals surface area (Å²) in [4.78, 5) is 0. The summed E-state index contributed by atoms with van der Waals surface area (Å²) in [6.45, 7) is 3.28. The van der Waals surface area contributed by atoms with Gasteiger partial charge in [0.2, 0.25) is 0 Å². The first-order valence-corrected chi connectivity index (χ1v) is 9.51. The fourth-order valence-corrected chi connectivity index (χ4v) is 2.82. The fraction of sp³-hybridized carbons (Fsp3) is 0.850. The van der Waals surface area contributed by atoms with Gasteiger partial charge in [-0.1, -0.05) is 70.4 Å². The SMILES string of the molecule is CCCCCC[CH]C/C=C\CCCCCCCC1CCO1. The van der Waals surface area contributed by atoms with Crippen molar-refractivity contribution in [3.05, 3.63) is 18.6 Å². The Balaban J connectivity index is 1.68. The summed E-state index contributed by atoms with van der Waals surface area (Å²) < 4.78 is 5.44. The molecule has 1 fully saturated rings. The molecule has 1 atom stereocenters. The number of allylic oxidation sites excluding steroid dienone is 2. The smallest absolute Gasteiger partial charge is 0.0597 e. The molecule has 0 aromatic carbocycles. The van der Waals surface area contributed by atoms with Crippen molar-refractivity contribution >= 4 is 0 Å². The first-order chi connectivity index (χ1) is 10.4. The Morgan fingerprint density at radius 3 is 2.33 bits per heavy atom. The molecule has 1 nitrogen and oxygen atoms in total. The number of ether oxygens (including phenoxy) is 1. The van der Waals surface area contributed by atoms with Crippen molar-refractivity contribution in [3.8, 4) is 0 Å². The molecule has 1 saturated heterocycles. The molecule has 1 heteroatoms. The number of rotatable bonds is 15. The predicted molar refractivity (Wildman–Crippen MR) is 93.5 cm³/mol. The van der Waals surface area contributed by atoms with Crippen LogP contribution in [0.2, 0.25) is 0 Å². The number of hydrogen-bond acceptors (Lipinski definition) is 1. The molecule has 0 amide bonds. The van der Waals surface area contributed by atoms with E-state index in [4.69, 9.17) is 4.74 Å². The van der Waals surface area contributed by atoms with E-state index >= 15 is 0 Å². The molecule has 1 heterocycles. The molecule has 0 bridgehead atoms. The van der Waals surface area contributed by atoms with Gasteiger partial charge in [0.05, 0.1) is 6.10 Å². The van der Waals surface area contributed by atoms with Gasteiger partial charge < -0.3 is 4.74 Å². The highest BCUT2D eigenvalue weighted by Crippen LogP contribution is 2.18. The highest BCUT2D eigenvalue weighted by molar-refractivity contribution is 4.86. The van der Waals surface area contributed by atoms with Crippen molar-refractivity contribution in [1.29, 1.82) is 0 Å². The van der Waals surface area contributed by atoms with Crippen LogP contribution in [0.4, 0.5) is 0 Å². The monoisotopic (exact) mass is 293 g/mol. The van der Waals surface area contributed by atoms with E-state index in [2.05, 4.69) is 25.5 Å². The van der Waals surface area contributed by atoms with Gasteiger partial charge >= 0.3 is 0 Å². The Labute approximate surface area is 133 Å². The Morgan fingerprint density at radius 2 is 1.57 bits per heavy atom. The molecule has 0 aromatic heterocycles. The van der Waals surface area contributed by atoms with E-state index in [1.165, 1.54) is 89.9 Å². The Bertz CT molecular complexity index is 230. The fourth-order valence-electron chi connectivity index (χ4n) is 2.82. The third-order valence-corrected chi connectivity index (χ3v) is 4.42. The highest BCUT2D eigenvalue weighted by Gasteiger charge is 2.16. The van der Waals surface area contributed by atoms with Gasteiger partial charge in [-0.25, -0.2) is 0 Å². The van der Waals surface area contributed by atoms with Crippen molar-refractivity contribution < 1.29 is 4.74 Å². The third-order valence-electron chi connectivity index (χ3n) is 4.42. The molecule has 1 rings (SSSR count). The van der Waals surface area contributed by atoms with Gasteiger partial charge in [-0.05, 0) is 44.9 Å². The van der Waals surface area contributed by atoms with Crippen molar-refractivity contribution in [2.75, 3.05) is 6.61 Å². The van der Waals surface area contributed by atoms with Gasteiger partial charge in [0, 0.05) is 6.61 Å². The van der Waals surface area contributed by atoms with E-state index in [1.807, 2.05) is 0 Å². The Morgan fingerprint density at radius 1 is 0.857 bits per heavy atom. The summed E-state index contributed by atoms with van der Waals surface area (Å²) in [5, 5.41) is 0. The number of unbranched alkanes of at least 4 members (excludes halogenated alkanes) is 11. The topological polar surface area (TPSA) is 9.23 Å². The molecular formula is C20H37O. The lowest BCUT2D eigenvalue weighted by molar-refractivity contribution is -0.0555. The lowest BCUT2D eigenvalue weighted by atomic mass is 10.0. The Kier molecular flexibility index (Phi) is 13.1. The second kappa shape index (κ2) is 14.6. The normalized spacial score (nSPS) is 18.2. The Hall–Kier alpha value is -0.300. The van der Waals surface area contributed by atoms with Gasteiger partial charge in [0.15, 0.2) is 0 Å². The van der Waals surface area contributed by atoms with Crippen LogP contribution in [-0.4, -0.2) is 12.7 Å². The zero-order valence-electron chi connectivity index (χ0n) is 14.3. The molecule has 21 heavy (non-hydrogen) atoms. The van der Waals surface area contributed by atoms with Crippen LogP contribution >= 0.6 is 0 Å². The molecule has 0 aliphatic carbocycles. The van der Waals surface area contributed by atoms with Gasteiger partial charge in [0.25, 0.3) is 0 Å². The van der Waals surface area contributed by atoms with E-state index in [-0.39, 0.29) is 0 Å². The zero-order chi connectivity index (χ0) is 15.0. The molecule has 1 radical (unpaired) electrons. The van der Waals surface area contributed by atoms with E-state index < -0.39 is 0 Å². The van der Waals surface area contributed by atoms with Crippen LogP contribution in [-0.2, 0) is 4.74 Å². The first kappa shape index (κ1) is 18.7. The van der Waals surface area contributed by atoms with Crippen LogP contribution in [0.3, 0.4) is 0 Å². The minimum atomic E-state index is 0.617. The van der Waals surface area contributed by atoms with Crippen LogP contribution in [0.15, 0.2) is 12.2 Å². The summed E-state index contributed by atoms with van der Waals surface area (Å²) in [7, 11) is 0. The van der Waals surface area contributed by atoms with Crippen LogP contribution in [0.1, 0.15) is 96.8 Å². The molecule has 0 N–H and O–H groups in total. The van der Waals surface area contributed by atoms with Gasteiger partial charge in [-0.3, -0.25) is 0 Å². The zero-order valence-corrected chi connectivity index (χ0v) is 14.3. The lowest BCUT2D eigenvalue weighted by Crippen LogP contribution is -2.26. The van der Waals surface area contributed by atoms with Crippen LogP contribution < -0.4 is 0 Å². The van der Waals surface area contributed by atoms with Crippen molar-refractivity contribution in [3.63, 3.8) is 0 Å². The van der Waals surface area contributed by atoms with Crippen LogP contribution in [0.5, 0.6) is 0 Å². The standard InChI is InChI=1S/C20H37O/c1-2-3-4-5-6-7-8-9-10-11-12-13-14-15-16-17-20-18-19-21-20/h7,9-10,20H,2-6,8,11-19H2,1H3/b10-9-. The molecular weight excluding hydrogens is 256 g/mol. The van der Waals surface area contributed by atoms with Gasteiger partial charge in [-0.2, -0.15) is 0 Å². The summed E-state index contributed by atoms with van der Waals surface area (Å²) in [6, 6.07) is 0. The molecule has 1 aliphatic heterocycles. The molecule has 0 aromatic rings. The van der Waals surface area contributed by atoms with Crippen molar-refractivity contribution in [1.82, 2.24) is 0 Å². The predicted octanol–water partition coefficient (Wildman–Crippen LogP) is 6.63. The van der Waals surface area contributed by atoms with Gasteiger partial charge in [-0.15, -0.1) is 0 Å². The minimum Gasteiger partial charge on any atom is -0.378 e. The maximum Gasteiger partial charge on any atom is 0.0597 e. The van der Waals surface area contributed by atoms with Crippen molar-refractivity contribution in [2.45, 2.75) is 103 Å². The summed E-state index contributed by atoms with van der Waals surface area (Å²) in [6.07, 6.45) is 26.6. The first-order valence-electron chi connectivity index (χ1n) is 9.51. The van der Waals surface area contributed by atoms with E-state index in [0.29, 0.717) is 6.10 Å². The van der Waals surface area contributed by atoms with Crippen molar-refractivity contribution in [2.24, 2.45) is 0 Å². The second-order valence-electron chi connectivity index (χ2n) is 6.47. The summed E-state index contributed by atoms with van der Waals surface area (Å²) >= 11 is 0. The molecule has 0 saturated carbocycles. The van der Waals surface area contributed by atoms with Crippen LogP contribution in [0.25, 0.3) is 0 Å². The largest absolute Gasteiger partial charge is 0.378 e.